The van der Waals surface area contributed by atoms with Crippen LogP contribution in [-0.4, -0.2) is 28.9 Å². The molecule has 0 fully saturated rings. The van der Waals surface area contributed by atoms with Crippen LogP contribution in [0.2, 0.25) is 0 Å². The molecule has 0 spiro atoms. The second-order valence-corrected chi connectivity index (χ2v) is 8.58. The van der Waals surface area contributed by atoms with E-state index in [1.807, 2.05) is 6.92 Å². The van der Waals surface area contributed by atoms with Crippen molar-refractivity contribution in [3.8, 4) is 0 Å². The Labute approximate surface area is 161 Å². The summed E-state index contributed by atoms with van der Waals surface area (Å²) in [6, 6.07) is 0. The Morgan fingerprint density at radius 2 is 2.04 bits per heavy atom. The number of rotatable bonds is 1. The van der Waals surface area contributed by atoms with Gasteiger partial charge in [-0.05, 0) is 58.4 Å². The van der Waals surface area contributed by atoms with E-state index in [2.05, 4.69) is 19.9 Å². The molecule has 0 bridgehead atoms. The van der Waals surface area contributed by atoms with Crippen LogP contribution in [0.15, 0.2) is 34.4 Å². The van der Waals surface area contributed by atoms with Crippen molar-refractivity contribution in [1.82, 2.24) is 0 Å². The van der Waals surface area contributed by atoms with Crippen LogP contribution in [0, 0.1) is 11.3 Å². The Morgan fingerprint density at radius 3 is 2.70 bits per heavy atom. The maximum Gasteiger partial charge on any atom is 0.336 e. The maximum atomic E-state index is 12.2. The van der Waals surface area contributed by atoms with Crippen LogP contribution in [0.5, 0.6) is 0 Å². The first-order valence-corrected chi connectivity index (χ1v) is 9.75. The van der Waals surface area contributed by atoms with E-state index in [0.29, 0.717) is 24.0 Å². The van der Waals surface area contributed by atoms with Crippen LogP contribution in [0.3, 0.4) is 0 Å². The van der Waals surface area contributed by atoms with Gasteiger partial charge in [0, 0.05) is 29.9 Å². The third-order valence-electron chi connectivity index (χ3n) is 6.62. The highest BCUT2D eigenvalue weighted by Gasteiger charge is 2.50. The monoisotopic (exact) mass is 374 g/mol. The normalized spacial score (nSPS) is 38.8. The summed E-state index contributed by atoms with van der Waals surface area (Å²) in [6.45, 7) is 9.38. The van der Waals surface area contributed by atoms with Crippen molar-refractivity contribution in [2.24, 2.45) is 11.3 Å². The Hall–Kier alpha value is -1.88. The number of esters is 2. The minimum atomic E-state index is -1.67. The number of hydrogen-bond acceptors (Lipinski definition) is 5. The molecule has 0 unspecified atom stereocenters. The summed E-state index contributed by atoms with van der Waals surface area (Å²) in [5.41, 5.74) is 3.05. The lowest BCUT2D eigenvalue weighted by Crippen LogP contribution is -2.46. The summed E-state index contributed by atoms with van der Waals surface area (Å²) in [5, 5.41) is 11.1. The Morgan fingerprint density at radius 1 is 1.33 bits per heavy atom. The van der Waals surface area contributed by atoms with E-state index in [4.69, 9.17) is 9.47 Å². The predicted octanol–water partition coefficient (Wildman–Crippen LogP) is 3.97. The quantitative estimate of drug-likeness (QED) is 0.555. The van der Waals surface area contributed by atoms with Gasteiger partial charge >= 0.3 is 11.9 Å². The summed E-state index contributed by atoms with van der Waals surface area (Å²) in [7, 11) is 0. The van der Waals surface area contributed by atoms with Gasteiger partial charge in [0.1, 0.15) is 6.10 Å². The van der Waals surface area contributed by atoms with E-state index in [0.717, 1.165) is 24.8 Å². The Bertz CT molecular complexity index is 759. The SMILES string of the molecule is CC(=O)O[C@H]1CC=C(C)[C@@H]2CC3=C(C)C(=O)O[C@@]3(O)/C=C(/C)CCC[C@@]12C. The standard InChI is InChI=1S/C22H30O5/c1-13-7-6-10-21(5)17(14(2)8-9-19(21)26-16(4)23)11-18-15(3)20(24)27-22(18,25)12-13/h8,12,17,19,25H,6-7,9-11H2,1-5H3/b13-12-/t17-,19-,21+,22-/m0/s1. The molecule has 1 aliphatic heterocycles. The van der Waals surface area contributed by atoms with Gasteiger partial charge in [0.15, 0.2) is 0 Å². The van der Waals surface area contributed by atoms with Crippen molar-refractivity contribution in [3.05, 3.63) is 34.4 Å². The van der Waals surface area contributed by atoms with Crippen molar-refractivity contribution in [1.29, 1.82) is 0 Å². The summed E-state index contributed by atoms with van der Waals surface area (Å²) >= 11 is 0. The number of allylic oxidation sites excluding steroid dienone is 2. The van der Waals surface area contributed by atoms with Gasteiger partial charge in [-0.3, -0.25) is 4.79 Å². The molecular formula is C22H30O5. The highest BCUT2D eigenvalue weighted by molar-refractivity contribution is 5.92. The molecule has 0 amide bonds. The number of carbonyl (C=O) groups excluding carboxylic acids is 2. The first kappa shape index (κ1) is 19.9. The van der Waals surface area contributed by atoms with E-state index < -0.39 is 11.8 Å². The molecule has 148 valence electrons. The average Bonchev–Trinajstić information content (AvgIpc) is 2.76. The molecular weight excluding hydrogens is 344 g/mol. The highest BCUT2D eigenvalue weighted by Crippen LogP contribution is 2.52. The molecule has 0 aromatic heterocycles. The molecule has 5 nitrogen and oxygen atoms in total. The van der Waals surface area contributed by atoms with Crippen molar-refractivity contribution in [2.45, 2.75) is 78.6 Å². The highest BCUT2D eigenvalue weighted by atomic mass is 16.7. The Balaban J connectivity index is 2.10. The second-order valence-electron chi connectivity index (χ2n) is 8.58. The first-order chi connectivity index (χ1) is 12.6. The fourth-order valence-electron chi connectivity index (χ4n) is 5.01. The number of fused-ring (bicyclic) bond motifs is 2. The Kier molecular flexibility index (Phi) is 5.10. The number of aliphatic hydroxyl groups is 1. The van der Waals surface area contributed by atoms with Crippen LogP contribution >= 0.6 is 0 Å². The lowest BCUT2D eigenvalue weighted by atomic mass is 9.60. The molecule has 4 atom stereocenters. The summed E-state index contributed by atoms with van der Waals surface area (Å²) in [6.07, 6.45) is 7.43. The van der Waals surface area contributed by atoms with Crippen molar-refractivity contribution in [3.63, 3.8) is 0 Å². The zero-order valence-corrected chi connectivity index (χ0v) is 16.9. The molecule has 2 aliphatic carbocycles. The molecule has 0 aromatic rings. The summed E-state index contributed by atoms with van der Waals surface area (Å²) in [4.78, 5) is 23.9. The molecule has 1 N–H and O–H groups in total. The van der Waals surface area contributed by atoms with E-state index in [-0.39, 0.29) is 23.4 Å². The van der Waals surface area contributed by atoms with Crippen LogP contribution in [0.4, 0.5) is 0 Å². The lowest BCUT2D eigenvalue weighted by Gasteiger charge is -2.47. The lowest BCUT2D eigenvalue weighted by molar-refractivity contribution is -0.169. The minimum absolute atomic E-state index is 0.0633. The summed E-state index contributed by atoms with van der Waals surface area (Å²) < 4.78 is 11.1. The van der Waals surface area contributed by atoms with Crippen molar-refractivity contribution in [2.75, 3.05) is 0 Å². The van der Waals surface area contributed by atoms with Gasteiger partial charge < -0.3 is 14.6 Å². The van der Waals surface area contributed by atoms with E-state index in [1.165, 1.54) is 12.5 Å². The van der Waals surface area contributed by atoms with Crippen LogP contribution in [-0.2, 0) is 19.1 Å². The van der Waals surface area contributed by atoms with E-state index in [1.54, 1.807) is 13.0 Å². The van der Waals surface area contributed by atoms with Gasteiger partial charge in [-0.2, -0.15) is 0 Å². The fraction of sp³-hybridized carbons (Fsp3) is 0.636. The average molecular weight is 374 g/mol. The summed E-state index contributed by atoms with van der Waals surface area (Å²) in [5.74, 6) is -2.34. The topological polar surface area (TPSA) is 72.8 Å². The molecule has 0 saturated heterocycles. The van der Waals surface area contributed by atoms with Gasteiger partial charge in [0.2, 0.25) is 0 Å². The molecule has 0 radical (unpaired) electrons. The molecule has 0 saturated carbocycles. The van der Waals surface area contributed by atoms with Crippen molar-refractivity contribution >= 4 is 11.9 Å². The van der Waals surface area contributed by atoms with Gasteiger partial charge in [0.05, 0.1) is 0 Å². The van der Waals surface area contributed by atoms with Crippen molar-refractivity contribution < 1.29 is 24.2 Å². The minimum Gasteiger partial charge on any atom is -0.462 e. The number of ether oxygens (including phenoxy) is 2. The van der Waals surface area contributed by atoms with E-state index >= 15 is 0 Å². The molecule has 1 heterocycles. The fourth-order valence-corrected chi connectivity index (χ4v) is 5.01. The second kappa shape index (κ2) is 6.93. The van der Waals surface area contributed by atoms with Crippen LogP contribution in [0.25, 0.3) is 0 Å². The zero-order chi connectivity index (χ0) is 20.0. The molecule has 5 heteroatoms. The smallest absolute Gasteiger partial charge is 0.336 e. The third kappa shape index (κ3) is 3.49. The molecule has 0 aromatic carbocycles. The first-order valence-electron chi connectivity index (χ1n) is 9.75. The van der Waals surface area contributed by atoms with Gasteiger partial charge in [-0.25, -0.2) is 4.79 Å². The van der Waals surface area contributed by atoms with Crippen LogP contribution < -0.4 is 0 Å². The third-order valence-corrected chi connectivity index (χ3v) is 6.62. The maximum absolute atomic E-state index is 12.2. The molecule has 27 heavy (non-hydrogen) atoms. The van der Waals surface area contributed by atoms with E-state index in [9.17, 15) is 14.7 Å². The van der Waals surface area contributed by atoms with Gasteiger partial charge in [-0.15, -0.1) is 0 Å². The van der Waals surface area contributed by atoms with Gasteiger partial charge in [-0.1, -0.05) is 24.1 Å². The molecule has 3 aliphatic rings. The largest absolute Gasteiger partial charge is 0.462 e. The predicted molar refractivity (Wildman–Crippen MR) is 101 cm³/mol. The van der Waals surface area contributed by atoms with Crippen LogP contribution in [0.1, 0.15) is 66.7 Å². The zero-order valence-electron chi connectivity index (χ0n) is 16.9. The molecule has 3 rings (SSSR count). The van der Waals surface area contributed by atoms with Gasteiger partial charge in [0.25, 0.3) is 5.79 Å². The number of hydrogen-bond donors (Lipinski definition) is 1. The number of carbonyl (C=O) groups is 2.